The molecule has 0 saturated heterocycles. The van der Waals surface area contributed by atoms with E-state index in [1.807, 2.05) is 0 Å². The lowest BCUT2D eigenvalue weighted by atomic mass is 9.99. The predicted molar refractivity (Wildman–Crippen MR) is 81.1 cm³/mol. The largest absolute Gasteiger partial charge is 0.288 e. The molecule has 0 heterocycles. The molecule has 0 aliphatic carbocycles. The summed E-state index contributed by atoms with van der Waals surface area (Å²) in [5.41, 5.74) is 0.382. The molecule has 0 amide bonds. The quantitative estimate of drug-likeness (QED) is 0.618. The summed E-state index contributed by atoms with van der Waals surface area (Å²) in [4.78, 5) is 12.3. The fraction of sp³-hybridized carbons (Fsp3) is 0.133. The first-order valence-corrected chi connectivity index (χ1v) is 7.37. The van der Waals surface area contributed by atoms with Crippen molar-refractivity contribution in [2.24, 2.45) is 0 Å². The summed E-state index contributed by atoms with van der Waals surface area (Å²) in [6.07, 6.45) is 0. The van der Waals surface area contributed by atoms with Crippen LogP contribution in [0.4, 0.5) is 8.78 Å². The number of halogens is 4. The van der Waals surface area contributed by atoms with E-state index in [1.165, 1.54) is 12.1 Å². The van der Waals surface area contributed by atoms with Crippen LogP contribution < -0.4 is 0 Å². The molecule has 0 aliphatic heterocycles. The molecule has 0 unspecified atom stereocenters. The molecule has 0 bridgehead atoms. The number of ketones is 1. The summed E-state index contributed by atoms with van der Waals surface area (Å²) in [6.45, 7) is 3.11. The molecule has 104 valence electrons. The smallest absolute Gasteiger partial charge is 0.198 e. The molecule has 1 nitrogen and oxygen atoms in total. The van der Waals surface area contributed by atoms with Crippen molar-refractivity contribution in [2.45, 2.75) is 13.8 Å². The Balaban J connectivity index is 2.58. The molecule has 2 aromatic carbocycles. The van der Waals surface area contributed by atoms with Gasteiger partial charge in [0.25, 0.3) is 0 Å². The molecule has 0 radical (unpaired) electrons. The van der Waals surface area contributed by atoms with E-state index in [4.69, 9.17) is 0 Å². The van der Waals surface area contributed by atoms with Gasteiger partial charge >= 0.3 is 0 Å². The summed E-state index contributed by atoms with van der Waals surface area (Å²) in [6, 6.07) is 5.86. The molecule has 0 N–H and O–H groups in total. The topological polar surface area (TPSA) is 17.1 Å². The molecular weight excluding hydrogens is 394 g/mol. The summed E-state index contributed by atoms with van der Waals surface area (Å²) in [5.74, 6) is -1.93. The lowest BCUT2D eigenvalue weighted by Gasteiger charge is -2.09. The summed E-state index contributed by atoms with van der Waals surface area (Å²) in [5, 5.41) is 0. The Morgan fingerprint density at radius 3 is 1.55 bits per heavy atom. The van der Waals surface area contributed by atoms with Gasteiger partial charge in [-0.05, 0) is 49.2 Å². The zero-order chi connectivity index (χ0) is 15.0. The van der Waals surface area contributed by atoms with E-state index in [2.05, 4.69) is 31.9 Å². The lowest BCUT2D eigenvalue weighted by Crippen LogP contribution is -2.09. The van der Waals surface area contributed by atoms with Crippen molar-refractivity contribution >= 4 is 37.6 Å². The highest BCUT2D eigenvalue weighted by atomic mass is 79.9. The monoisotopic (exact) mass is 402 g/mol. The maximum absolute atomic E-state index is 14.1. The van der Waals surface area contributed by atoms with Crippen molar-refractivity contribution in [1.29, 1.82) is 0 Å². The molecule has 0 aromatic heterocycles. The zero-order valence-corrected chi connectivity index (χ0v) is 13.9. The Bertz CT molecular complexity index is 652. The Labute approximate surface area is 132 Å². The van der Waals surface area contributed by atoms with Gasteiger partial charge in [0.1, 0.15) is 11.6 Å². The minimum absolute atomic E-state index is 0.133. The van der Waals surface area contributed by atoms with Crippen LogP contribution in [0.3, 0.4) is 0 Å². The Hall–Kier alpha value is -1.07. The molecule has 20 heavy (non-hydrogen) atoms. The third-order valence-electron chi connectivity index (χ3n) is 3.13. The third-order valence-corrected chi connectivity index (χ3v) is 4.85. The first-order valence-electron chi connectivity index (χ1n) is 5.78. The second-order valence-corrected chi connectivity index (χ2v) is 6.11. The standard InChI is InChI=1S/C15H10Br2F2O/c1-7-11(16)5-3-9(13(7)18)15(20)10-4-6-12(17)8(2)14(10)19/h3-6H,1-2H3. The van der Waals surface area contributed by atoms with Crippen molar-refractivity contribution in [1.82, 2.24) is 0 Å². The molecule has 5 heteroatoms. The van der Waals surface area contributed by atoms with E-state index in [9.17, 15) is 13.6 Å². The van der Waals surface area contributed by atoms with Gasteiger partial charge < -0.3 is 0 Å². The Kier molecular flexibility index (Phi) is 4.39. The second kappa shape index (κ2) is 5.74. The van der Waals surface area contributed by atoms with Crippen molar-refractivity contribution < 1.29 is 13.6 Å². The minimum atomic E-state index is -0.661. The highest BCUT2D eigenvalue weighted by molar-refractivity contribution is 9.10. The van der Waals surface area contributed by atoms with Gasteiger partial charge in [-0.15, -0.1) is 0 Å². The van der Waals surface area contributed by atoms with E-state index in [0.29, 0.717) is 20.1 Å². The van der Waals surface area contributed by atoms with Gasteiger partial charge in [0.05, 0.1) is 11.1 Å². The summed E-state index contributed by atoms with van der Waals surface area (Å²) in [7, 11) is 0. The lowest BCUT2D eigenvalue weighted by molar-refractivity contribution is 0.103. The zero-order valence-electron chi connectivity index (χ0n) is 10.7. The average molecular weight is 404 g/mol. The fourth-order valence-corrected chi connectivity index (χ4v) is 2.43. The van der Waals surface area contributed by atoms with Crippen LogP contribution in [0.5, 0.6) is 0 Å². The van der Waals surface area contributed by atoms with Crippen LogP contribution in [-0.2, 0) is 0 Å². The molecule has 2 rings (SSSR count). The molecule has 0 saturated carbocycles. The van der Waals surface area contributed by atoms with Crippen LogP contribution in [0, 0.1) is 25.5 Å². The molecule has 0 aliphatic rings. The van der Waals surface area contributed by atoms with Gasteiger partial charge in [0.2, 0.25) is 0 Å². The molecular formula is C15H10Br2F2O. The van der Waals surface area contributed by atoms with Crippen molar-refractivity contribution in [2.75, 3.05) is 0 Å². The number of hydrogen-bond acceptors (Lipinski definition) is 1. The molecule has 0 spiro atoms. The normalized spacial score (nSPS) is 10.7. The highest BCUT2D eigenvalue weighted by Crippen LogP contribution is 2.27. The van der Waals surface area contributed by atoms with E-state index in [0.717, 1.165) is 0 Å². The van der Waals surface area contributed by atoms with Gasteiger partial charge in [0, 0.05) is 8.95 Å². The number of hydrogen-bond donors (Lipinski definition) is 0. The predicted octanol–water partition coefficient (Wildman–Crippen LogP) is 5.34. The van der Waals surface area contributed by atoms with Crippen LogP contribution in [-0.4, -0.2) is 5.78 Å². The van der Waals surface area contributed by atoms with Crippen LogP contribution in [0.1, 0.15) is 27.0 Å². The van der Waals surface area contributed by atoms with Gasteiger partial charge in [0.15, 0.2) is 5.78 Å². The molecule has 0 atom stereocenters. The van der Waals surface area contributed by atoms with Crippen LogP contribution in [0.25, 0.3) is 0 Å². The van der Waals surface area contributed by atoms with Crippen molar-refractivity contribution in [3.8, 4) is 0 Å². The van der Waals surface area contributed by atoms with Gasteiger partial charge in [-0.25, -0.2) is 8.78 Å². The fourth-order valence-electron chi connectivity index (χ4n) is 1.82. The number of rotatable bonds is 2. The maximum Gasteiger partial charge on any atom is 0.198 e. The Morgan fingerprint density at radius 1 is 0.850 bits per heavy atom. The maximum atomic E-state index is 14.1. The van der Waals surface area contributed by atoms with E-state index < -0.39 is 17.4 Å². The van der Waals surface area contributed by atoms with Crippen LogP contribution in [0.2, 0.25) is 0 Å². The molecule has 2 aromatic rings. The Morgan fingerprint density at radius 2 is 1.20 bits per heavy atom. The van der Waals surface area contributed by atoms with E-state index in [-0.39, 0.29) is 11.1 Å². The van der Waals surface area contributed by atoms with Crippen molar-refractivity contribution in [3.63, 3.8) is 0 Å². The first kappa shape index (κ1) is 15.3. The number of benzene rings is 2. The van der Waals surface area contributed by atoms with E-state index in [1.54, 1.807) is 26.0 Å². The average Bonchev–Trinajstić information content (AvgIpc) is 2.42. The highest BCUT2D eigenvalue weighted by Gasteiger charge is 2.21. The van der Waals surface area contributed by atoms with Crippen molar-refractivity contribution in [3.05, 3.63) is 67.1 Å². The third kappa shape index (κ3) is 2.56. The molecule has 0 fully saturated rings. The van der Waals surface area contributed by atoms with Gasteiger partial charge in [-0.3, -0.25) is 4.79 Å². The minimum Gasteiger partial charge on any atom is -0.288 e. The van der Waals surface area contributed by atoms with Crippen LogP contribution in [0.15, 0.2) is 33.2 Å². The number of carbonyl (C=O) groups is 1. The van der Waals surface area contributed by atoms with Gasteiger partial charge in [-0.2, -0.15) is 0 Å². The summed E-state index contributed by atoms with van der Waals surface area (Å²) < 4.78 is 29.4. The second-order valence-electron chi connectivity index (χ2n) is 4.40. The van der Waals surface area contributed by atoms with Crippen LogP contribution >= 0.6 is 31.9 Å². The number of carbonyl (C=O) groups excluding carboxylic acids is 1. The summed E-state index contributed by atoms with van der Waals surface area (Å²) >= 11 is 6.38. The first-order chi connectivity index (χ1) is 9.34. The van der Waals surface area contributed by atoms with E-state index >= 15 is 0 Å². The van der Waals surface area contributed by atoms with Gasteiger partial charge in [-0.1, -0.05) is 31.9 Å². The SMILES string of the molecule is Cc1c(Br)ccc(C(=O)c2ccc(Br)c(C)c2F)c1F.